The summed E-state index contributed by atoms with van der Waals surface area (Å²) in [7, 11) is 0. The minimum Gasteiger partial charge on any atom is -0.443 e. The normalized spacial score (nSPS) is 15.3. The summed E-state index contributed by atoms with van der Waals surface area (Å²) in [5.74, 6) is -0.249. The summed E-state index contributed by atoms with van der Waals surface area (Å²) in [4.78, 5) is 37.3. The lowest BCUT2D eigenvalue weighted by molar-refractivity contribution is 0.0547. The molecular weight excluding hydrogens is 755 g/mol. The van der Waals surface area contributed by atoms with E-state index in [1.807, 2.05) is 6.07 Å². The Morgan fingerprint density at radius 3 is 1.49 bits per heavy atom. The van der Waals surface area contributed by atoms with Crippen molar-refractivity contribution in [3.05, 3.63) is 95.3 Å². The van der Waals surface area contributed by atoms with Gasteiger partial charge in [0.1, 0.15) is 39.6 Å². The number of hydrogen-bond donors (Lipinski definition) is 1. The number of carbonyl (C=O) groups is 2. The van der Waals surface area contributed by atoms with Gasteiger partial charge in [-0.2, -0.15) is 5.26 Å². The van der Waals surface area contributed by atoms with Crippen LogP contribution in [0.5, 0.6) is 0 Å². The lowest BCUT2D eigenvalue weighted by Crippen LogP contribution is -2.50. The van der Waals surface area contributed by atoms with Crippen molar-refractivity contribution in [1.82, 2.24) is 30.4 Å². The molecular formula is C40H46F2N10O4S. The Bertz CT molecular complexity index is 2110. The highest BCUT2D eigenvalue weighted by atomic mass is 32.1. The number of aromatic nitrogens is 6. The Morgan fingerprint density at radius 1 is 0.754 bits per heavy atom. The van der Waals surface area contributed by atoms with E-state index in [4.69, 9.17) is 32.7 Å². The largest absolute Gasteiger partial charge is 0.443 e. The Morgan fingerprint density at radius 2 is 1.19 bits per heavy atom. The molecule has 6 rings (SSSR count). The maximum Gasteiger partial charge on any atom is 0.416 e. The summed E-state index contributed by atoms with van der Waals surface area (Å²) >= 11 is 4.91. The van der Waals surface area contributed by atoms with Crippen LogP contribution in [0.25, 0.3) is 0 Å². The number of ether oxygens (including phenoxy) is 2. The van der Waals surface area contributed by atoms with Crippen molar-refractivity contribution in [3.63, 3.8) is 0 Å². The van der Waals surface area contributed by atoms with Crippen LogP contribution in [0.15, 0.2) is 60.9 Å². The Labute approximate surface area is 335 Å². The molecule has 0 radical (unpaired) electrons. The van der Waals surface area contributed by atoms with Crippen molar-refractivity contribution in [2.75, 3.05) is 22.9 Å². The van der Waals surface area contributed by atoms with Crippen LogP contribution in [0.2, 0.25) is 0 Å². The number of nitriles is 1. The molecule has 0 spiro atoms. The Kier molecular flexibility index (Phi) is 12.8. The van der Waals surface area contributed by atoms with Gasteiger partial charge in [-0.05, 0) is 116 Å². The molecule has 4 aromatic rings. The summed E-state index contributed by atoms with van der Waals surface area (Å²) < 4.78 is 40.1. The molecule has 0 aliphatic heterocycles. The second-order valence-corrected chi connectivity index (χ2v) is 16.5. The zero-order valence-electron chi connectivity index (χ0n) is 32.8. The van der Waals surface area contributed by atoms with E-state index in [-0.39, 0.29) is 41.2 Å². The predicted octanol–water partition coefficient (Wildman–Crippen LogP) is 7.25. The van der Waals surface area contributed by atoms with Gasteiger partial charge < -0.3 is 15.2 Å². The lowest BCUT2D eigenvalue weighted by atomic mass is 9.66. The maximum absolute atomic E-state index is 14.5. The number of thiocarbonyl (C=S) groups is 1. The van der Waals surface area contributed by atoms with E-state index in [0.29, 0.717) is 42.8 Å². The van der Waals surface area contributed by atoms with Gasteiger partial charge in [0.2, 0.25) is 0 Å². The van der Waals surface area contributed by atoms with Gasteiger partial charge in [0.25, 0.3) is 0 Å². The van der Waals surface area contributed by atoms with Crippen molar-refractivity contribution >= 4 is 41.0 Å². The first-order valence-electron chi connectivity index (χ1n) is 18.5. The fourth-order valence-corrected chi connectivity index (χ4v) is 6.65. The molecule has 0 aromatic carbocycles. The molecule has 300 valence electrons. The first kappa shape index (κ1) is 42.4. The van der Waals surface area contributed by atoms with E-state index in [0.717, 1.165) is 12.8 Å². The van der Waals surface area contributed by atoms with Crippen LogP contribution in [0, 0.1) is 23.0 Å². The van der Waals surface area contributed by atoms with Crippen molar-refractivity contribution in [2.45, 2.75) is 102 Å². The van der Waals surface area contributed by atoms with Crippen LogP contribution >= 0.6 is 12.2 Å². The molecule has 0 atom stereocenters. The summed E-state index contributed by atoms with van der Waals surface area (Å²) in [6.45, 7) is 11.0. The maximum atomic E-state index is 14.5. The number of halogens is 2. The van der Waals surface area contributed by atoms with Crippen LogP contribution in [-0.4, -0.2) is 71.8 Å². The van der Waals surface area contributed by atoms with Gasteiger partial charge in [-0.1, -0.05) is 25.1 Å². The zero-order chi connectivity index (χ0) is 41.6. The monoisotopic (exact) mass is 800 g/mol. The number of rotatable bonds is 9. The number of nitrogens with zero attached hydrogens (tertiary/aromatic N) is 9. The van der Waals surface area contributed by atoms with Crippen molar-refractivity contribution < 1.29 is 27.8 Å². The Balaban J connectivity index is 0.000000218. The molecule has 0 saturated heterocycles. The minimum absolute atomic E-state index is 0.110. The van der Waals surface area contributed by atoms with Crippen molar-refractivity contribution in [2.24, 2.45) is 5.73 Å². The zero-order valence-corrected chi connectivity index (χ0v) is 33.6. The quantitative estimate of drug-likeness (QED) is 0.167. The van der Waals surface area contributed by atoms with Gasteiger partial charge in [-0.15, -0.1) is 20.4 Å². The fourth-order valence-electron chi connectivity index (χ4n) is 6.55. The highest BCUT2D eigenvalue weighted by Crippen LogP contribution is 2.46. The van der Waals surface area contributed by atoms with Crippen molar-refractivity contribution in [1.29, 1.82) is 5.26 Å². The third-order valence-electron chi connectivity index (χ3n) is 9.51. The minimum atomic E-state index is -0.710. The predicted molar refractivity (Wildman–Crippen MR) is 211 cm³/mol. The number of anilines is 2. The van der Waals surface area contributed by atoms with Crippen LogP contribution in [0.3, 0.4) is 0 Å². The molecule has 17 heteroatoms. The summed E-state index contributed by atoms with van der Waals surface area (Å²) in [5, 5.41) is 24.8. The van der Waals surface area contributed by atoms with Crippen LogP contribution in [0.4, 0.5) is 30.0 Å². The molecule has 2 aliphatic rings. The molecule has 2 N–H and O–H groups in total. The summed E-state index contributed by atoms with van der Waals surface area (Å²) in [6, 6.07) is 14.0. The average Bonchev–Trinajstić information content (AvgIpc) is 3.11. The lowest BCUT2D eigenvalue weighted by Gasteiger charge is -2.44. The molecule has 2 amide bonds. The molecule has 4 aromatic heterocycles. The third-order valence-corrected chi connectivity index (χ3v) is 9.72. The molecule has 14 nitrogen and oxygen atoms in total. The average molecular weight is 801 g/mol. The first-order chi connectivity index (χ1) is 26.9. The van der Waals surface area contributed by atoms with Crippen LogP contribution in [0.1, 0.15) is 103 Å². The highest BCUT2D eigenvalue weighted by molar-refractivity contribution is 7.80. The second-order valence-electron chi connectivity index (χ2n) is 16.1. The highest BCUT2D eigenvalue weighted by Gasteiger charge is 2.47. The number of nitrogens with two attached hydrogens (primary N) is 1. The van der Waals surface area contributed by atoms with E-state index in [2.05, 4.69) is 30.4 Å². The van der Waals surface area contributed by atoms with Gasteiger partial charge in [-0.25, -0.2) is 18.4 Å². The van der Waals surface area contributed by atoms with Crippen LogP contribution < -0.4 is 15.5 Å². The smallest absolute Gasteiger partial charge is 0.416 e. The van der Waals surface area contributed by atoms with Crippen molar-refractivity contribution in [3.8, 4) is 6.07 Å². The topological polar surface area (TPSA) is 186 Å². The number of hydrogen-bond acceptors (Lipinski definition) is 12. The van der Waals surface area contributed by atoms with E-state index < -0.39 is 40.0 Å². The number of amides is 2. The SMILES string of the molecule is CC(C)(C)OC(=O)N(CC1(c2ncccc2F)CCC1)c1ccc(C#N)nn1.CC(C)(C)OC(=O)N(CC1(c2ncccc2F)CCC1)c1ccc(C(N)=S)nn1. The third kappa shape index (κ3) is 10.4. The molecule has 2 fully saturated rings. The fraction of sp³-hybridized carbons (Fsp3) is 0.450. The van der Waals surface area contributed by atoms with Gasteiger partial charge in [0.15, 0.2) is 17.3 Å². The number of carbonyl (C=O) groups excluding carboxylic acids is 2. The summed E-state index contributed by atoms with van der Waals surface area (Å²) in [5.41, 5.74) is 4.14. The van der Waals surface area contributed by atoms with E-state index in [1.165, 1.54) is 34.1 Å². The van der Waals surface area contributed by atoms with Gasteiger partial charge >= 0.3 is 12.2 Å². The molecule has 0 bridgehead atoms. The standard InChI is InChI=1S/C20H24FN5O2S.C20H22FN5O2/c1-19(2,3)28-18(27)26(15-8-7-14(17(22)29)24-25-15)12-20(9-5-10-20)16-13(21)6-4-11-23-16;1-19(2,3)28-18(27)26(16-8-7-14(12-22)24-25-16)13-20(9-5-10-20)17-15(21)6-4-11-23-17/h4,6-8,11H,5,9-10,12H2,1-3H3,(H2,22,29);4,6-8,11H,5,9-10,13H2,1-3H3. The van der Waals surface area contributed by atoms with E-state index in [1.54, 1.807) is 78.2 Å². The summed E-state index contributed by atoms with van der Waals surface area (Å²) in [6.07, 6.45) is 6.57. The van der Waals surface area contributed by atoms with Gasteiger partial charge in [-0.3, -0.25) is 19.8 Å². The molecule has 57 heavy (non-hydrogen) atoms. The second kappa shape index (κ2) is 17.2. The van der Waals surface area contributed by atoms with E-state index in [9.17, 15) is 18.4 Å². The first-order valence-corrected chi connectivity index (χ1v) is 18.9. The van der Waals surface area contributed by atoms with E-state index >= 15 is 0 Å². The molecule has 4 heterocycles. The van der Waals surface area contributed by atoms with Gasteiger partial charge in [0, 0.05) is 36.3 Å². The Hall–Kier alpha value is -5.76. The molecule has 0 unspecified atom stereocenters. The van der Waals surface area contributed by atoms with Crippen LogP contribution in [-0.2, 0) is 20.3 Å². The number of pyridine rings is 2. The molecule has 2 aliphatic carbocycles. The molecule has 2 saturated carbocycles. The van der Waals surface area contributed by atoms with Gasteiger partial charge in [0.05, 0.1) is 11.4 Å².